The smallest absolute Gasteiger partial charge is 0.251 e. The Bertz CT molecular complexity index is 1020. The molecule has 1 aromatic carbocycles. The summed E-state index contributed by atoms with van der Waals surface area (Å²) in [5.74, 6) is -1.18. The lowest BCUT2D eigenvalue weighted by Gasteiger charge is -2.37. The molecule has 0 spiro atoms. The third kappa shape index (κ3) is 5.45. The van der Waals surface area contributed by atoms with Crippen molar-refractivity contribution in [2.45, 2.75) is 31.6 Å². The highest BCUT2D eigenvalue weighted by molar-refractivity contribution is 7.95. The first-order chi connectivity index (χ1) is 14.5. The van der Waals surface area contributed by atoms with Gasteiger partial charge in [-0.3, -0.25) is 9.59 Å². The summed E-state index contributed by atoms with van der Waals surface area (Å²) in [4.78, 5) is 27.1. The molecule has 11 heteroatoms. The Balaban J connectivity index is 1.62. The monoisotopic (exact) mass is 471 g/mol. The normalized spacial score (nSPS) is 22.9. The first-order valence-electron chi connectivity index (χ1n) is 10.4. The number of nitrogens with zero attached hydrogens (tertiary/aromatic N) is 2. The fourth-order valence-electron chi connectivity index (χ4n) is 3.89. The van der Waals surface area contributed by atoms with Crippen LogP contribution in [-0.4, -0.2) is 86.8 Å². The van der Waals surface area contributed by atoms with E-state index >= 15 is 0 Å². The molecule has 3 rings (SSSR count). The van der Waals surface area contributed by atoms with Crippen molar-refractivity contribution in [1.82, 2.24) is 14.5 Å². The molecule has 2 aliphatic rings. The molecular formula is C20H29N3O6S2. The maximum Gasteiger partial charge on any atom is 0.251 e. The lowest BCUT2D eigenvalue weighted by molar-refractivity contribution is -0.135. The Morgan fingerprint density at radius 3 is 2.19 bits per heavy atom. The Labute approximate surface area is 183 Å². The third-order valence-corrected chi connectivity index (χ3v) is 10.1. The predicted octanol–water partition coefficient (Wildman–Crippen LogP) is 0.102. The molecule has 2 atom stereocenters. The molecule has 2 saturated heterocycles. The molecule has 172 valence electrons. The van der Waals surface area contributed by atoms with Gasteiger partial charge in [-0.05, 0) is 24.5 Å². The number of piperazine rings is 1. The molecule has 2 aliphatic heterocycles. The number of amides is 2. The minimum Gasteiger partial charge on any atom is -0.340 e. The van der Waals surface area contributed by atoms with Crippen LogP contribution in [0, 0.1) is 5.92 Å². The van der Waals surface area contributed by atoms with Crippen LogP contribution in [0.3, 0.4) is 0 Å². The molecule has 2 heterocycles. The Morgan fingerprint density at radius 2 is 1.68 bits per heavy atom. The summed E-state index contributed by atoms with van der Waals surface area (Å²) in [7, 11) is -7.03. The fraction of sp³-hybridized carbons (Fsp3) is 0.600. The molecular weight excluding hydrogens is 442 g/mol. The molecule has 0 saturated carbocycles. The molecule has 0 aromatic heterocycles. The van der Waals surface area contributed by atoms with Gasteiger partial charge in [0.15, 0.2) is 9.84 Å². The molecule has 0 aliphatic carbocycles. The number of nitrogens with one attached hydrogen (secondary N) is 1. The minimum atomic E-state index is -3.73. The second-order valence-electron chi connectivity index (χ2n) is 8.36. The third-order valence-electron chi connectivity index (χ3n) is 5.78. The first kappa shape index (κ1) is 23.7. The minimum absolute atomic E-state index is 0.105. The van der Waals surface area contributed by atoms with Gasteiger partial charge < -0.3 is 10.2 Å². The molecule has 1 N–H and O–H groups in total. The predicted molar refractivity (Wildman–Crippen MR) is 117 cm³/mol. The number of carbonyl (C=O) groups is 2. The molecule has 0 bridgehead atoms. The van der Waals surface area contributed by atoms with E-state index < -0.39 is 31.2 Å². The van der Waals surface area contributed by atoms with E-state index in [1.165, 1.54) is 4.31 Å². The van der Waals surface area contributed by atoms with Crippen LogP contribution >= 0.6 is 0 Å². The van der Waals surface area contributed by atoms with Crippen LogP contribution in [0.2, 0.25) is 0 Å². The largest absolute Gasteiger partial charge is 0.340 e. The molecule has 31 heavy (non-hydrogen) atoms. The van der Waals surface area contributed by atoms with Gasteiger partial charge in [0.2, 0.25) is 15.9 Å². The van der Waals surface area contributed by atoms with Crippen LogP contribution in [-0.2, 0) is 24.7 Å². The summed E-state index contributed by atoms with van der Waals surface area (Å²) in [5.41, 5.74) is 0.461. The van der Waals surface area contributed by atoms with Gasteiger partial charge in [0.05, 0.1) is 16.8 Å². The molecule has 2 amide bonds. The quantitative estimate of drug-likeness (QED) is 0.628. The van der Waals surface area contributed by atoms with Crippen molar-refractivity contribution in [3.05, 3.63) is 35.9 Å². The van der Waals surface area contributed by atoms with E-state index in [0.29, 0.717) is 5.56 Å². The lowest BCUT2D eigenvalue weighted by atomic mass is 10.0. The highest BCUT2D eigenvalue weighted by Gasteiger charge is 2.42. The van der Waals surface area contributed by atoms with E-state index in [0.717, 1.165) is 0 Å². The standard InChI is InChI=1S/C20H29N3O6S2/c1-15(2)18(21-19(24)16-6-4-3-5-7-16)20(25)22-9-11-23(12-10-22)31(28,29)17-8-13-30(26,27)14-17/h3-7,15,17-18H,8-14H2,1-2H3,(H,21,24). The van der Waals surface area contributed by atoms with Crippen molar-refractivity contribution in [1.29, 1.82) is 0 Å². The van der Waals surface area contributed by atoms with Crippen LogP contribution in [0.15, 0.2) is 30.3 Å². The topological polar surface area (TPSA) is 121 Å². The summed E-state index contributed by atoms with van der Waals surface area (Å²) in [6, 6.07) is 7.91. The van der Waals surface area contributed by atoms with Gasteiger partial charge in [-0.15, -0.1) is 0 Å². The molecule has 9 nitrogen and oxygen atoms in total. The molecule has 2 unspecified atom stereocenters. The SMILES string of the molecule is CC(C)C(NC(=O)c1ccccc1)C(=O)N1CCN(S(=O)(=O)C2CCS(=O)(=O)C2)CC1. The maximum absolute atomic E-state index is 13.1. The van der Waals surface area contributed by atoms with Crippen molar-refractivity contribution >= 4 is 31.7 Å². The number of sulfone groups is 1. The van der Waals surface area contributed by atoms with Crippen LogP contribution in [0.4, 0.5) is 0 Å². The number of hydrogen-bond acceptors (Lipinski definition) is 6. The molecule has 2 fully saturated rings. The molecule has 1 aromatic rings. The van der Waals surface area contributed by atoms with Crippen molar-refractivity contribution in [3.63, 3.8) is 0 Å². The fourth-order valence-corrected chi connectivity index (χ4v) is 8.41. The van der Waals surface area contributed by atoms with Crippen molar-refractivity contribution in [2.24, 2.45) is 5.92 Å². The Hall–Kier alpha value is -1.98. The van der Waals surface area contributed by atoms with E-state index in [1.807, 2.05) is 13.8 Å². The number of carbonyl (C=O) groups excluding carboxylic acids is 2. The second kappa shape index (κ2) is 9.25. The highest BCUT2D eigenvalue weighted by atomic mass is 32.2. The highest BCUT2D eigenvalue weighted by Crippen LogP contribution is 2.23. The average molecular weight is 472 g/mol. The zero-order chi connectivity index (χ0) is 22.8. The van der Waals surface area contributed by atoms with Crippen molar-refractivity contribution < 1.29 is 26.4 Å². The summed E-state index contributed by atoms with van der Waals surface area (Å²) in [6.07, 6.45) is 0.116. The van der Waals surface area contributed by atoms with Gasteiger partial charge in [0, 0.05) is 31.7 Å². The summed E-state index contributed by atoms with van der Waals surface area (Å²) >= 11 is 0. The van der Waals surface area contributed by atoms with Gasteiger partial charge in [0.1, 0.15) is 6.04 Å². The summed E-state index contributed by atoms with van der Waals surface area (Å²) in [5, 5.41) is 1.89. The van der Waals surface area contributed by atoms with Gasteiger partial charge in [0.25, 0.3) is 5.91 Å². The van der Waals surface area contributed by atoms with E-state index in [-0.39, 0.29) is 61.8 Å². The van der Waals surface area contributed by atoms with E-state index in [9.17, 15) is 26.4 Å². The Kier molecular flexibility index (Phi) is 7.07. The van der Waals surface area contributed by atoms with Gasteiger partial charge in [-0.25, -0.2) is 16.8 Å². The Morgan fingerprint density at radius 1 is 1.06 bits per heavy atom. The van der Waals surface area contributed by atoms with E-state index in [1.54, 1.807) is 35.2 Å². The van der Waals surface area contributed by atoms with Crippen molar-refractivity contribution in [3.8, 4) is 0 Å². The van der Waals surface area contributed by atoms with Crippen molar-refractivity contribution in [2.75, 3.05) is 37.7 Å². The number of hydrogen-bond donors (Lipinski definition) is 1. The second-order valence-corrected chi connectivity index (χ2v) is 12.8. The summed E-state index contributed by atoms with van der Waals surface area (Å²) in [6.45, 7) is 4.30. The summed E-state index contributed by atoms with van der Waals surface area (Å²) < 4.78 is 50.2. The van der Waals surface area contributed by atoms with E-state index in [4.69, 9.17) is 0 Å². The van der Waals surface area contributed by atoms with Gasteiger partial charge in [-0.2, -0.15) is 4.31 Å². The average Bonchev–Trinajstić information content (AvgIpc) is 3.12. The van der Waals surface area contributed by atoms with Crippen LogP contribution in [0.1, 0.15) is 30.6 Å². The van der Waals surface area contributed by atoms with Crippen LogP contribution in [0.5, 0.6) is 0 Å². The molecule has 0 radical (unpaired) electrons. The maximum atomic E-state index is 13.1. The van der Waals surface area contributed by atoms with Crippen LogP contribution in [0.25, 0.3) is 0 Å². The zero-order valence-electron chi connectivity index (χ0n) is 17.7. The zero-order valence-corrected chi connectivity index (χ0v) is 19.4. The first-order valence-corrected chi connectivity index (χ1v) is 13.7. The lowest BCUT2D eigenvalue weighted by Crippen LogP contribution is -2.58. The van der Waals surface area contributed by atoms with Gasteiger partial charge >= 0.3 is 0 Å². The number of benzene rings is 1. The van der Waals surface area contributed by atoms with Crippen LogP contribution < -0.4 is 5.32 Å². The number of rotatable bonds is 6. The van der Waals surface area contributed by atoms with E-state index in [2.05, 4.69) is 5.32 Å². The number of sulfonamides is 1. The van der Waals surface area contributed by atoms with Gasteiger partial charge in [-0.1, -0.05) is 32.0 Å².